The van der Waals surface area contributed by atoms with Crippen LogP contribution in [0, 0.1) is 5.92 Å². The third kappa shape index (κ3) is 4.48. The minimum atomic E-state index is -3.51. The average molecular weight is 354 g/mol. The third-order valence-corrected chi connectivity index (χ3v) is 6.11. The zero-order chi connectivity index (χ0) is 17.9. The van der Waals surface area contributed by atoms with Crippen molar-refractivity contribution in [3.63, 3.8) is 0 Å². The molecule has 3 atom stereocenters. The van der Waals surface area contributed by atoms with E-state index >= 15 is 0 Å². The molecule has 134 valence electrons. The molecule has 0 radical (unpaired) electrons. The molecular weight excluding hydrogens is 328 g/mol. The number of nitrogens with zero attached hydrogens (tertiary/aromatic N) is 1. The van der Waals surface area contributed by atoms with Crippen LogP contribution < -0.4 is 10.1 Å². The summed E-state index contributed by atoms with van der Waals surface area (Å²) in [6.07, 6.45) is 0. The molecule has 0 bridgehead atoms. The van der Waals surface area contributed by atoms with Crippen molar-refractivity contribution in [2.45, 2.75) is 37.8 Å². The normalized spacial score (nSPS) is 22.9. The highest BCUT2D eigenvalue weighted by atomic mass is 32.2. The van der Waals surface area contributed by atoms with Gasteiger partial charge in [0.05, 0.1) is 17.8 Å². The van der Waals surface area contributed by atoms with E-state index in [0.717, 1.165) is 0 Å². The third-order valence-electron chi connectivity index (χ3n) is 4.18. The topological polar surface area (TPSA) is 75.7 Å². The molecule has 24 heavy (non-hydrogen) atoms. The van der Waals surface area contributed by atoms with Crippen molar-refractivity contribution in [2.24, 2.45) is 5.92 Å². The summed E-state index contributed by atoms with van der Waals surface area (Å²) in [4.78, 5) is 14.6. The Balaban J connectivity index is 2.06. The Morgan fingerprint density at radius 1 is 1.25 bits per heavy atom. The first-order chi connectivity index (χ1) is 11.2. The molecule has 1 aromatic carbocycles. The van der Waals surface area contributed by atoms with Crippen LogP contribution in [-0.2, 0) is 14.6 Å². The van der Waals surface area contributed by atoms with Crippen LogP contribution in [0.25, 0.3) is 0 Å². The monoisotopic (exact) mass is 354 g/mol. The van der Waals surface area contributed by atoms with E-state index in [2.05, 4.69) is 5.32 Å². The molecule has 1 aliphatic rings. The van der Waals surface area contributed by atoms with Gasteiger partial charge in [0.15, 0.2) is 9.84 Å². The van der Waals surface area contributed by atoms with E-state index in [1.165, 1.54) is 19.2 Å². The highest BCUT2D eigenvalue weighted by Gasteiger charge is 2.30. The molecule has 2 rings (SSSR count). The van der Waals surface area contributed by atoms with Crippen molar-refractivity contribution in [2.75, 3.05) is 26.0 Å². The first-order valence-corrected chi connectivity index (χ1v) is 9.80. The maximum atomic E-state index is 12.6. The standard InChI is InChI=1S/C17H26N2O4S/c1-12(17(20)19-9-13(2)18-14(3)10-19)11-24(21,22)16-7-5-15(23-4)6-8-16/h5-8,12-14,18H,9-11H2,1-4H3/t12-,13+,14+/m0/s1. The van der Waals surface area contributed by atoms with Gasteiger partial charge < -0.3 is 15.0 Å². The number of piperazine rings is 1. The van der Waals surface area contributed by atoms with Crippen molar-refractivity contribution in [1.82, 2.24) is 10.2 Å². The van der Waals surface area contributed by atoms with Crippen LogP contribution in [-0.4, -0.2) is 57.3 Å². The minimum absolute atomic E-state index is 0.104. The zero-order valence-corrected chi connectivity index (χ0v) is 15.5. The van der Waals surface area contributed by atoms with Crippen molar-refractivity contribution >= 4 is 15.7 Å². The summed E-state index contributed by atoms with van der Waals surface area (Å²) >= 11 is 0. The summed E-state index contributed by atoms with van der Waals surface area (Å²) in [7, 11) is -1.99. The molecule has 6 nitrogen and oxygen atoms in total. The number of benzene rings is 1. The van der Waals surface area contributed by atoms with E-state index in [1.54, 1.807) is 24.0 Å². The van der Waals surface area contributed by atoms with Gasteiger partial charge in [-0.3, -0.25) is 4.79 Å². The Hall–Kier alpha value is -1.60. The summed E-state index contributed by atoms with van der Waals surface area (Å²) in [5.41, 5.74) is 0. The Morgan fingerprint density at radius 2 is 1.79 bits per heavy atom. The summed E-state index contributed by atoms with van der Waals surface area (Å²) in [5.74, 6) is -0.269. The van der Waals surface area contributed by atoms with Crippen molar-refractivity contribution in [1.29, 1.82) is 0 Å². The Bertz CT molecular complexity index is 662. The van der Waals surface area contributed by atoms with E-state index in [0.29, 0.717) is 18.8 Å². The van der Waals surface area contributed by atoms with Gasteiger partial charge in [-0.15, -0.1) is 0 Å². The Kier molecular flexibility index (Phi) is 5.87. The summed E-state index contributed by atoms with van der Waals surface area (Å²) in [5, 5.41) is 3.36. The number of sulfone groups is 1. The average Bonchev–Trinajstić information content (AvgIpc) is 2.52. The fraction of sp³-hybridized carbons (Fsp3) is 0.588. The number of hydrogen-bond donors (Lipinski definition) is 1. The molecule has 0 unspecified atom stereocenters. The minimum Gasteiger partial charge on any atom is -0.497 e. The molecule has 1 heterocycles. The second-order valence-corrected chi connectivity index (χ2v) is 8.60. The van der Waals surface area contributed by atoms with Crippen LogP contribution in [0.2, 0.25) is 0 Å². The summed E-state index contributed by atoms with van der Waals surface area (Å²) in [6.45, 7) is 6.94. The number of ether oxygens (including phenoxy) is 1. The number of nitrogens with one attached hydrogen (secondary N) is 1. The number of methoxy groups -OCH3 is 1. The number of rotatable bonds is 5. The van der Waals surface area contributed by atoms with Crippen molar-refractivity contribution in [3.8, 4) is 5.75 Å². The second kappa shape index (κ2) is 7.53. The van der Waals surface area contributed by atoms with Gasteiger partial charge in [-0.2, -0.15) is 0 Å². The number of carbonyl (C=O) groups is 1. The van der Waals surface area contributed by atoms with E-state index in [-0.39, 0.29) is 28.6 Å². The van der Waals surface area contributed by atoms with Gasteiger partial charge in [0.25, 0.3) is 0 Å². The predicted octanol–water partition coefficient (Wildman–Crippen LogP) is 1.31. The van der Waals surface area contributed by atoms with Crippen LogP contribution in [0.1, 0.15) is 20.8 Å². The smallest absolute Gasteiger partial charge is 0.226 e. The molecule has 1 amide bonds. The molecule has 1 saturated heterocycles. The zero-order valence-electron chi connectivity index (χ0n) is 14.7. The van der Waals surface area contributed by atoms with Gasteiger partial charge in [0.1, 0.15) is 5.75 Å². The SMILES string of the molecule is COc1ccc(S(=O)(=O)C[C@H](C)C(=O)N2C[C@@H](C)N[C@H](C)C2)cc1. The number of hydrogen-bond acceptors (Lipinski definition) is 5. The van der Waals surface area contributed by atoms with Crippen LogP contribution in [0.4, 0.5) is 0 Å². The molecule has 0 saturated carbocycles. The van der Waals surface area contributed by atoms with Crippen molar-refractivity contribution < 1.29 is 17.9 Å². The molecule has 0 spiro atoms. The molecule has 1 N–H and O–H groups in total. The fourth-order valence-corrected chi connectivity index (χ4v) is 4.64. The molecule has 0 aromatic heterocycles. The van der Waals surface area contributed by atoms with Gasteiger partial charge in [-0.05, 0) is 38.1 Å². The lowest BCUT2D eigenvalue weighted by Crippen LogP contribution is -2.57. The van der Waals surface area contributed by atoms with Crippen LogP contribution in [0.5, 0.6) is 5.75 Å². The summed E-state index contributed by atoms with van der Waals surface area (Å²) in [6, 6.07) is 6.67. The molecule has 7 heteroatoms. The first kappa shape index (κ1) is 18.7. The predicted molar refractivity (Wildman–Crippen MR) is 92.9 cm³/mol. The number of carbonyl (C=O) groups excluding carboxylic acids is 1. The van der Waals surface area contributed by atoms with Gasteiger partial charge >= 0.3 is 0 Å². The van der Waals surface area contributed by atoms with Crippen LogP contribution in [0.15, 0.2) is 29.2 Å². The van der Waals surface area contributed by atoms with E-state index < -0.39 is 15.8 Å². The maximum Gasteiger partial charge on any atom is 0.226 e. The largest absolute Gasteiger partial charge is 0.497 e. The van der Waals surface area contributed by atoms with E-state index in [9.17, 15) is 13.2 Å². The first-order valence-electron chi connectivity index (χ1n) is 8.14. The van der Waals surface area contributed by atoms with Gasteiger partial charge in [-0.1, -0.05) is 6.92 Å². The maximum absolute atomic E-state index is 12.6. The lowest BCUT2D eigenvalue weighted by molar-refractivity contribution is -0.136. The molecule has 1 aromatic rings. The van der Waals surface area contributed by atoms with Gasteiger partial charge in [0.2, 0.25) is 5.91 Å². The Labute approximate surface area is 144 Å². The van der Waals surface area contributed by atoms with E-state index in [1.807, 2.05) is 13.8 Å². The molecule has 1 fully saturated rings. The molecule has 1 aliphatic heterocycles. The molecule has 0 aliphatic carbocycles. The highest BCUT2D eigenvalue weighted by Crippen LogP contribution is 2.20. The van der Waals surface area contributed by atoms with Crippen LogP contribution in [0.3, 0.4) is 0 Å². The summed E-state index contributed by atoms with van der Waals surface area (Å²) < 4.78 is 30.1. The highest BCUT2D eigenvalue weighted by molar-refractivity contribution is 7.91. The van der Waals surface area contributed by atoms with Gasteiger partial charge in [-0.25, -0.2) is 8.42 Å². The fourth-order valence-electron chi connectivity index (χ4n) is 3.10. The lowest BCUT2D eigenvalue weighted by Gasteiger charge is -2.37. The second-order valence-electron chi connectivity index (χ2n) is 6.57. The Morgan fingerprint density at radius 3 is 2.29 bits per heavy atom. The lowest BCUT2D eigenvalue weighted by atomic mass is 10.1. The number of amides is 1. The van der Waals surface area contributed by atoms with Crippen molar-refractivity contribution in [3.05, 3.63) is 24.3 Å². The van der Waals surface area contributed by atoms with Gasteiger partial charge in [0, 0.05) is 31.1 Å². The van der Waals surface area contributed by atoms with Crippen LogP contribution >= 0.6 is 0 Å². The van der Waals surface area contributed by atoms with E-state index in [4.69, 9.17) is 4.74 Å². The molecular formula is C17H26N2O4S. The quantitative estimate of drug-likeness (QED) is 0.863.